The molecule has 0 bridgehead atoms. The molecule has 1 aliphatic rings. The van der Waals surface area contributed by atoms with Crippen LogP contribution in [0.5, 0.6) is 0 Å². The number of nitrogens with zero attached hydrogens (tertiary/aromatic N) is 1. The van der Waals surface area contributed by atoms with E-state index in [9.17, 15) is 0 Å². The molecule has 1 heterocycles. The third-order valence-corrected chi connectivity index (χ3v) is 2.21. The second-order valence-corrected chi connectivity index (χ2v) is 4.08. The standard InChI is InChI=1S/C8H17NOS/c1-7(11)10-6-8-3-4-9(2)5-8/h7-8,11H,3-6H2,1-2H3. The van der Waals surface area contributed by atoms with Crippen LogP contribution in [0.4, 0.5) is 0 Å². The van der Waals surface area contributed by atoms with Crippen LogP contribution in [0.2, 0.25) is 0 Å². The molecule has 0 saturated carbocycles. The summed E-state index contributed by atoms with van der Waals surface area (Å²) < 4.78 is 5.41. The highest BCUT2D eigenvalue weighted by atomic mass is 32.1. The van der Waals surface area contributed by atoms with E-state index in [1.165, 1.54) is 19.5 Å². The average Bonchev–Trinajstić information content (AvgIpc) is 2.31. The third kappa shape index (κ3) is 3.45. The van der Waals surface area contributed by atoms with Crippen molar-refractivity contribution in [1.82, 2.24) is 4.90 Å². The molecule has 0 aromatic rings. The second kappa shape index (κ2) is 4.33. The van der Waals surface area contributed by atoms with Gasteiger partial charge in [-0.25, -0.2) is 0 Å². The van der Waals surface area contributed by atoms with E-state index in [1.54, 1.807) is 0 Å². The van der Waals surface area contributed by atoms with Gasteiger partial charge in [0.1, 0.15) is 0 Å². The van der Waals surface area contributed by atoms with E-state index < -0.39 is 0 Å². The van der Waals surface area contributed by atoms with Crippen LogP contribution in [0.15, 0.2) is 0 Å². The van der Waals surface area contributed by atoms with Crippen LogP contribution in [0.1, 0.15) is 13.3 Å². The summed E-state index contributed by atoms with van der Waals surface area (Å²) in [7, 11) is 2.16. The normalized spacial score (nSPS) is 29.2. The van der Waals surface area contributed by atoms with Crippen LogP contribution >= 0.6 is 12.6 Å². The van der Waals surface area contributed by atoms with E-state index in [2.05, 4.69) is 24.6 Å². The Balaban J connectivity index is 2.08. The summed E-state index contributed by atoms with van der Waals surface area (Å²) in [5.41, 5.74) is 0.0842. The Morgan fingerprint density at radius 2 is 2.45 bits per heavy atom. The molecule has 11 heavy (non-hydrogen) atoms. The number of likely N-dealkylation sites (tertiary alicyclic amines) is 1. The fourth-order valence-electron chi connectivity index (χ4n) is 1.44. The molecule has 0 aromatic carbocycles. The lowest BCUT2D eigenvalue weighted by molar-refractivity contribution is 0.0939. The minimum atomic E-state index is 0.0842. The highest BCUT2D eigenvalue weighted by Gasteiger charge is 2.19. The molecule has 0 aromatic heterocycles. The summed E-state index contributed by atoms with van der Waals surface area (Å²) in [4.78, 5) is 2.34. The zero-order valence-corrected chi connectivity index (χ0v) is 8.18. The molecule has 0 N–H and O–H groups in total. The molecule has 2 unspecified atom stereocenters. The van der Waals surface area contributed by atoms with Crippen molar-refractivity contribution < 1.29 is 4.74 Å². The van der Waals surface area contributed by atoms with Crippen LogP contribution in [0.25, 0.3) is 0 Å². The monoisotopic (exact) mass is 175 g/mol. The van der Waals surface area contributed by atoms with Gasteiger partial charge < -0.3 is 9.64 Å². The summed E-state index contributed by atoms with van der Waals surface area (Å²) in [6, 6.07) is 0. The Bertz CT molecular complexity index is 119. The first kappa shape index (κ1) is 9.36. The molecule has 2 atom stereocenters. The Kier molecular flexibility index (Phi) is 3.69. The van der Waals surface area contributed by atoms with Crippen molar-refractivity contribution in [2.75, 3.05) is 26.7 Å². The lowest BCUT2D eigenvalue weighted by Crippen LogP contribution is -2.17. The van der Waals surface area contributed by atoms with Crippen molar-refractivity contribution in [2.24, 2.45) is 5.92 Å². The molecule has 1 rings (SSSR count). The zero-order valence-electron chi connectivity index (χ0n) is 7.29. The van der Waals surface area contributed by atoms with Gasteiger partial charge in [-0.3, -0.25) is 0 Å². The first-order valence-corrected chi connectivity index (χ1v) is 4.68. The third-order valence-electron chi connectivity index (χ3n) is 2.06. The molecule has 0 amide bonds. The maximum atomic E-state index is 5.41. The Morgan fingerprint density at radius 3 is 2.91 bits per heavy atom. The zero-order chi connectivity index (χ0) is 8.27. The fraction of sp³-hybridized carbons (Fsp3) is 1.00. The van der Waals surface area contributed by atoms with Gasteiger partial charge in [0.15, 0.2) is 0 Å². The maximum absolute atomic E-state index is 5.41. The van der Waals surface area contributed by atoms with Crippen molar-refractivity contribution in [2.45, 2.75) is 18.8 Å². The topological polar surface area (TPSA) is 12.5 Å². The van der Waals surface area contributed by atoms with Gasteiger partial charge in [0.05, 0.1) is 12.0 Å². The number of hydrogen-bond donors (Lipinski definition) is 1. The lowest BCUT2D eigenvalue weighted by atomic mass is 10.1. The predicted molar refractivity (Wildman–Crippen MR) is 50.0 cm³/mol. The van der Waals surface area contributed by atoms with Crippen molar-refractivity contribution in [3.63, 3.8) is 0 Å². The summed E-state index contributed by atoms with van der Waals surface area (Å²) in [6.45, 7) is 5.23. The van der Waals surface area contributed by atoms with Crippen molar-refractivity contribution in [3.8, 4) is 0 Å². The van der Waals surface area contributed by atoms with E-state index >= 15 is 0 Å². The van der Waals surface area contributed by atoms with Gasteiger partial charge in [-0.2, -0.15) is 0 Å². The Hall–Kier alpha value is 0.270. The van der Waals surface area contributed by atoms with Crippen LogP contribution in [-0.4, -0.2) is 37.1 Å². The quantitative estimate of drug-likeness (QED) is 0.511. The van der Waals surface area contributed by atoms with Crippen LogP contribution in [0.3, 0.4) is 0 Å². The minimum absolute atomic E-state index is 0.0842. The molecule has 2 nitrogen and oxygen atoms in total. The number of ether oxygens (including phenoxy) is 1. The molecule has 66 valence electrons. The summed E-state index contributed by atoms with van der Waals surface area (Å²) >= 11 is 4.16. The maximum Gasteiger partial charge on any atom is 0.0971 e. The molecule has 0 spiro atoms. The van der Waals surface area contributed by atoms with Crippen molar-refractivity contribution in [3.05, 3.63) is 0 Å². The highest BCUT2D eigenvalue weighted by molar-refractivity contribution is 7.80. The van der Waals surface area contributed by atoms with E-state index in [0.717, 1.165) is 12.5 Å². The molecule has 1 aliphatic heterocycles. The van der Waals surface area contributed by atoms with Gasteiger partial charge in [-0.1, -0.05) is 0 Å². The smallest absolute Gasteiger partial charge is 0.0971 e. The molecule has 0 aliphatic carbocycles. The molecular weight excluding hydrogens is 158 g/mol. The average molecular weight is 175 g/mol. The minimum Gasteiger partial charge on any atom is -0.368 e. The van der Waals surface area contributed by atoms with Gasteiger partial charge >= 0.3 is 0 Å². The van der Waals surface area contributed by atoms with Gasteiger partial charge in [0.25, 0.3) is 0 Å². The first-order valence-electron chi connectivity index (χ1n) is 4.16. The SMILES string of the molecule is CC(S)OCC1CCN(C)C1. The lowest BCUT2D eigenvalue weighted by Gasteiger charge is -2.12. The Labute approximate surface area is 74.3 Å². The fourth-order valence-corrected chi connectivity index (χ4v) is 1.52. The number of rotatable bonds is 3. The number of thiol groups is 1. The van der Waals surface area contributed by atoms with E-state index in [0.29, 0.717) is 0 Å². The van der Waals surface area contributed by atoms with E-state index in [1.807, 2.05) is 6.92 Å². The highest BCUT2D eigenvalue weighted by Crippen LogP contribution is 2.15. The predicted octanol–water partition coefficient (Wildman–Crippen LogP) is 1.23. The van der Waals surface area contributed by atoms with Gasteiger partial charge in [0, 0.05) is 6.54 Å². The molecule has 1 fully saturated rings. The largest absolute Gasteiger partial charge is 0.368 e. The van der Waals surface area contributed by atoms with Crippen LogP contribution in [0, 0.1) is 5.92 Å². The molecule has 1 saturated heterocycles. The summed E-state index contributed by atoms with van der Waals surface area (Å²) in [6.07, 6.45) is 1.27. The van der Waals surface area contributed by atoms with E-state index in [-0.39, 0.29) is 5.44 Å². The van der Waals surface area contributed by atoms with Gasteiger partial charge in [-0.05, 0) is 32.9 Å². The summed E-state index contributed by atoms with van der Waals surface area (Å²) in [5.74, 6) is 0.731. The molecule has 3 heteroatoms. The van der Waals surface area contributed by atoms with Crippen LogP contribution in [-0.2, 0) is 4.74 Å². The van der Waals surface area contributed by atoms with Crippen molar-refractivity contribution in [1.29, 1.82) is 0 Å². The second-order valence-electron chi connectivity index (χ2n) is 3.35. The molecule has 0 radical (unpaired) electrons. The molecular formula is C8H17NOS. The van der Waals surface area contributed by atoms with Crippen LogP contribution < -0.4 is 0 Å². The summed E-state index contributed by atoms with van der Waals surface area (Å²) in [5, 5.41) is 0. The van der Waals surface area contributed by atoms with E-state index in [4.69, 9.17) is 4.74 Å². The first-order chi connectivity index (χ1) is 5.18. The van der Waals surface area contributed by atoms with Gasteiger partial charge in [0.2, 0.25) is 0 Å². The number of hydrogen-bond acceptors (Lipinski definition) is 3. The Morgan fingerprint density at radius 1 is 1.73 bits per heavy atom. The van der Waals surface area contributed by atoms with Crippen molar-refractivity contribution >= 4 is 12.6 Å². The van der Waals surface area contributed by atoms with Gasteiger partial charge in [-0.15, -0.1) is 12.6 Å².